The number of hydrogen-bond acceptors (Lipinski definition) is 2. The molecule has 1 aromatic carbocycles. The van der Waals surface area contributed by atoms with Crippen LogP contribution in [0.5, 0.6) is 5.75 Å². The van der Waals surface area contributed by atoms with Gasteiger partial charge in [0.1, 0.15) is 12.9 Å². The molecule has 0 aliphatic heterocycles. The molecule has 0 heterocycles. The number of ether oxygens (including phenoxy) is 1. The van der Waals surface area contributed by atoms with Gasteiger partial charge in [0.05, 0.1) is 6.08 Å². The van der Waals surface area contributed by atoms with Crippen LogP contribution in [0.25, 0.3) is 0 Å². The monoisotopic (exact) mass is 314 g/mol. The Morgan fingerprint density at radius 2 is 2.22 bits per heavy atom. The molecule has 0 spiro atoms. The normalized spacial score (nSPS) is 12.2. The van der Waals surface area contributed by atoms with Crippen molar-refractivity contribution in [2.24, 2.45) is 0 Å². The highest BCUT2D eigenvalue weighted by Crippen LogP contribution is 2.23. The van der Waals surface area contributed by atoms with Gasteiger partial charge < -0.3 is 4.74 Å². The lowest BCUT2D eigenvalue weighted by atomic mass is 10.3. The van der Waals surface area contributed by atoms with Crippen LogP contribution >= 0.6 is 15.9 Å². The topological polar surface area (TPSA) is 32.4 Å². The zero-order valence-electron chi connectivity index (χ0n) is 10.2. The molecule has 0 saturated heterocycles. The van der Waals surface area contributed by atoms with Gasteiger partial charge >= 0.3 is 0 Å². The first-order valence-electron chi connectivity index (χ1n) is 5.16. The predicted octanol–water partition coefficient (Wildman–Crippen LogP) is 2.14. The summed E-state index contributed by atoms with van der Waals surface area (Å²) in [6.07, 6.45) is 3.14. The van der Waals surface area contributed by atoms with Crippen LogP contribution in [0.1, 0.15) is 6.92 Å². The Balaban J connectivity index is 2.93. The summed E-state index contributed by atoms with van der Waals surface area (Å²) < 4.78 is 19.6. The minimum Gasteiger partial charge on any atom is -0.454 e. The van der Waals surface area contributed by atoms with Crippen LogP contribution in [0.4, 0.5) is 4.39 Å². The molecule has 0 radical (unpaired) electrons. The summed E-state index contributed by atoms with van der Waals surface area (Å²) in [7, 11) is 1.50. The molecule has 0 unspecified atom stereocenters. The zero-order chi connectivity index (χ0) is 13.5. The van der Waals surface area contributed by atoms with Gasteiger partial charge in [0.2, 0.25) is 5.71 Å². The third kappa shape index (κ3) is 4.33. The van der Waals surface area contributed by atoms with Gasteiger partial charge in [-0.15, -0.1) is 0 Å². The highest BCUT2D eigenvalue weighted by Gasteiger charge is 2.06. The molecule has 0 saturated carbocycles. The van der Waals surface area contributed by atoms with Crippen molar-refractivity contribution in [2.75, 3.05) is 7.11 Å². The van der Waals surface area contributed by atoms with Gasteiger partial charge in [-0.25, -0.2) is 4.39 Å². The maximum Gasteiger partial charge on any atom is 0.225 e. The second-order valence-corrected chi connectivity index (χ2v) is 4.33. The van der Waals surface area contributed by atoms with Crippen LogP contribution in [0.2, 0.25) is 0 Å². The highest BCUT2D eigenvalue weighted by atomic mass is 79.9. The average molecular weight is 315 g/mol. The van der Waals surface area contributed by atoms with Gasteiger partial charge in [0, 0.05) is 11.4 Å². The number of benzene rings is 1. The number of allylic oxidation sites excluding steroid dienone is 2. The molecule has 0 aliphatic rings. The molecule has 0 amide bonds. The number of hydrogen-bond donors (Lipinski definition) is 1. The van der Waals surface area contributed by atoms with Crippen LogP contribution in [-0.2, 0) is 4.84 Å². The van der Waals surface area contributed by atoms with Crippen LogP contribution in [0, 0.1) is 5.82 Å². The minimum absolute atomic E-state index is 0.134. The first-order chi connectivity index (χ1) is 8.56. The van der Waals surface area contributed by atoms with E-state index in [1.165, 1.54) is 25.3 Å². The second kappa shape index (κ2) is 6.96. The van der Waals surface area contributed by atoms with Gasteiger partial charge in [0.15, 0.2) is 11.6 Å². The predicted molar refractivity (Wildman–Crippen MR) is 71.7 cm³/mol. The van der Waals surface area contributed by atoms with Crippen molar-refractivity contribution in [3.05, 3.63) is 53.0 Å². The molecule has 1 N–H and O–H groups in total. The van der Waals surface area contributed by atoms with Crippen molar-refractivity contribution >= 4 is 21.6 Å². The summed E-state index contributed by atoms with van der Waals surface area (Å²) in [6, 6.07) is 4.57. The van der Waals surface area contributed by atoms with E-state index in [1.54, 1.807) is 19.1 Å². The van der Waals surface area contributed by atoms with E-state index in [0.29, 0.717) is 15.9 Å². The molecule has 0 fully saturated rings. The van der Waals surface area contributed by atoms with Crippen molar-refractivity contribution < 1.29 is 19.1 Å². The highest BCUT2D eigenvalue weighted by molar-refractivity contribution is 9.10. The summed E-state index contributed by atoms with van der Waals surface area (Å²) in [6.45, 7) is 5.40. The number of halogens is 2. The maximum atomic E-state index is 13.6. The quantitative estimate of drug-likeness (QED) is 0.391. The third-order valence-electron chi connectivity index (χ3n) is 1.94. The zero-order valence-corrected chi connectivity index (χ0v) is 11.8. The van der Waals surface area contributed by atoms with E-state index in [4.69, 9.17) is 9.57 Å². The van der Waals surface area contributed by atoms with Crippen LogP contribution in [0.15, 0.2) is 47.2 Å². The summed E-state index contributed by atoms with van der Waals surface area (Å²) >= 11 is 3.18. The van der Waals surface area contributed by atoms with Crippen LogP contribution in [0.3, 0.4) is 0 Å². The molecule has 0 aliphatic carbocycles. The fourth-order valence-electron chi connectivity index (χ4n) is 1.22. The molecule has 1 aromatic rings. The Morgan fingerprint density at radius 3 is 2.78 bits per heavy atom. The molecular weight excluding hydrogens is 301 g/mol. The molecule has 5 heteroatoms. The lowest BCUT2D eigenvalue weighted by Gasteiger charge is -2.06. The third-order valence-corrected chi connectivity index (χ3v) is 2.44. The van der Waals surface area contributed by atoms with E-state index in [9.17, 15) is 4.39 Å². The number of rotatable bonds is 5. The fraction of sp³-hybridized carbons (Fsp3) is 0.154. The Kier molecular flexibility index (Phi) is 5.58. The van der Waals surface area contributed by atoms with Crippen molar-refractivity contribution in [3.63, 3.8) is 0 Å². The second-order valence-electron chi connectivity index (χ2n) is 3.42. The molecule has 0 bridgehead atoms. The van der Waals surface area contributed by atoms with Crippen molar-refractivity contribution in [1.29, 1.82) is 0 Å². The Morgan fingerprint density at radius 1 is 1.50 bits per heavy atom. The maximum absolute atomic E-state index is 13.6. The van der Waals surface area contributed by atoms with Gasteiger partial charge in [-0.05, 0) is 29.4 Å². The van der Waals surface area contributed by atoms with E-state index in [-0.39, 0.29) is 5.75 Å². The Hall–Kier alpha value is -1.62. The summed E-state index contributed by atoms with van der Waals surface area (Å²) in [5.41, 5.74) is 0.713. The Bertz CT molecular complexity index is 498. The standard InChI is InChI=1S/C13H13BrFNO2/c1-4-11(7-9(2)16-17-3)18-13-6-5-10(14)8-12(13)15/h4-8H,1H2,2-3H3/p+1/b11-7+,16-9+. The van der Waals surface area contributed by atoms with E-state index >= 15 is 0 Å². The van der Waals surface area contributed by atoms with Crippen molar-refractivity contribution in [2.45, 2.75) is 6.92 Å². The molecule has 3 nitrogen and oxygen atoms in total. The van der Waals surface area contributed by atoms with Gasteiger partial charge in [-0.2, -0.15) is 0 Å². The SMILES string of the molecule is C=C/C(=C\C(C)=[NH+]\OC)Oc1ccc(Br)cc1F. The van der Waals surface area contributed by atoms with Gasteiger partial charge in [-0.3, -0.25) is 4.84 Å². The van der Waals surface area contributed by atoms with Gasteiger partial charge in [0.25, 0.3) is 0 Å². The van der Waals surface area contributed by atoms with E-state index in [0.717, 1.165) is 0 Å². The molecule has 0 aromatic heterocycles. The van der Waals surface area contributed by atoms with E-state index in [2.05, 4.69) is 27.7 Å². The Labute approximate surface area is 114 Å². The number of nitrogens with one attached hydrogen (secondary N) is 1. The molecule has 0 atom stereocenters. The average Bonchev–Trinajstić information content (AvgIpc) is 2.31. The smallest absolute Gasteiger partial charge is 0.225 e. The van der Waals surface area contributed by atoms with Crippen molar-refractivity contribution in [1.82, 2.24) is 0 Å². The molecule has 18 heavy (non-hydrogen) atoms. The molecular formula is C13H14BrFNO2+. The van der Waals surface area contributed by atoms with E-state index < -0.39 is 5.82 Å². The first-order valence-corrected chi connectivity index (χ1v) is 5.95. The summed E-state index contributed by atoms with van der Waals surface area (Å²) in [5.74, 6) is 0.0994. The lowest BCUT2D eigenvalue weighted by Crippen LogP contribution is -2.70. The van der Waals surface area contributed by atoms with Gasteiger partial charge in [-0.1, -0.05) is 22.5 Å². The van der Waals surface area contributed by atoms with Crippen molar-refractivity contribution in [3.8, 4) is 5.75 Å². The molecule has 1 rings (SSSR count). The van der Waals surface area contributed by atoms with Crippen LogP contribution in [-0.4, -0.2) is 12.8 Å². The largest absolute Gasteiger partial charge is 0.454 e. The summed E-state index contributed by atoms with van der Waals surface area (Å²) in [4.78, 5) is 4.74. The lowest BCUT2D eigenvalue weighted by molar-refractivity contribution is -0.744. The summed E-state index contributed by atoms with van der Waals surface area (Å²) in [5, 5.41) is 2.63. The minimum atomic E-state index is -0.450. The molecule has 96 valence electrons. The first kappa shape index (κ1) is 14.4. The fourth-order valence-corrected chi connectivity index (χ4v) is 1.55. The van der Waals surface area contributed by atoms with Crippen LogP contribution < -0.4 is 9.89 Å². The van der Waals surface area contributed by atoms with E-state index in [1.807, 2.05) is 0 Å².